The Morgan fingerprint density at radius 3 is 2.38 bits per heavy atom. The maximum Gasteiger partial charge on any atom is 0.416 e. The van der Waals surface area contributed by atoms with Gasteiger partial charge in [0.1, 0.15) is 0 Å². The first-order valence-corrected chi connectivity index (χ1v) is 4.46. The van der Waals surface area contributed by atoms with E-state index in [1.54, 1.807) is 6.07 Å². The molecule has 0 aliphatic carbocycles. The van der Waals surface area contributed by atoms with E-state index >= 15 is 0 Å². The second-order valence-corrected chi connectivity index (χ2v) is 3.30. The molecule has 1 unspecified atom stereocenters. The summed E-state index contributed by atoms with van der Waals surface area (Å²) < 4.78 is 37.5. The third-order valence-corrected chi connectivity index (χ3v) is 2.12. The zero-order chi connectivity index (χ0) is 12.3. The normalized spacial score (nSPS) is 12.9. The Kier molecular flexibility index (Phi) is 3.38. The fourth-order valence-electron chi connectivity index (χ4n) is 1.23. The molecule has 1 nitrogen and oxygen atoms in total. The molecule has 0 bridgehead atoms. The minimum absolute atomic E-state index is 0.0275. The molecular weight excluding hydrogens is 215 g/mol. The van der Waals surface area contributed by atoms with Gasteiger partial charge in [0.05, 0.1) is 17.2 Å². The summed E-state index contributed by atoms with van der Waals surface area (Å²) >= 11 is 0. The number of benzene rings is 1. The van der Waals surface area contributed by atoms with Crippen molar-refractivity contribution >= 4 is 0 Å². The van der Waals surface area contributed by atoms with Crippen LogP contribution in [0.2, 0.25) is 0 Å². The highest BCUT2D eigenvalue weighted by atomic mass is 19.4. The van der Waals surface area contributed by atoms with E-state index in [0.717, 1.165) is 12.1 Å². The zero-order valence-corrected chi connectivity index (χ0v) is 8.38. The fraction of sp³-hybridized carbons (Fsp3) is 0.167. The standard InChI is InChI=1S/C12H9F3N/c1-3-8(2)10-4-9(7-16)5-11(6-10)12(13,14)15/h3-6,8H,1-2H2. The van der Waals surface area contributed by atoms with Gasteiger partial charge in [0.15, 0.2) is 0 Å². The smallest absolute Gasteiger partial charge is 0.192 e. The van der Waals surface area contributed by atoms with Crippen LogP contribution >= 0.6 is 0 Å². The molecule has 0 amide bonds. The van der Waals surface area contributed by atoms with Crippen LogP contribution in [0.5, 0.6) is 0 Å². The van der Waals surface area contributed by atoms with Crippen molar-refractivity contribution in [1.29, 1.82) is 5.26 Å². The minimum atomic E-state index is -4.46. The van der Waals surface area contributed by atoms with Crippen LogP contribution in [0.25, 0.3) is 0 Å². The monoisotopic (exact) mass is 224 g/mol. The van der Waals surface area contributed by atoms with Gasteiger partial charge >= 0.3 is 6.18 Å². The Morgan fingerprint density at radius 1 is 1.31 bits per heavy atom. The Hall–Kier alpha value is -1.76. The molecule has 16 heavy (non-hydrogen) atoms. The molecule has 0 aromatic heterocycles. The largest absolute Gasteiger partial charge is 0.416 e. The molecular formula is C12H9F3N. The van der Waals surface area contributed by atoms with Gasteiger partial charge in [0, 0.05) is 5.92 Å². The fourth-order valence-corrected chi connectivity index (χ4v) is 1.23. The lowest BCUT2D eigenvalue weighted by Gasteiger charge is -2.12. The van der Waals surface area contributed by atoms with E-state index in [2.05, 4.69) is 13.5 Å². The van der Waals surface area contributed by atoms with Crippen LogP contribution in [0.1, 0.15) is 22.6 Å². The number of hydrogen-bond acceptors (Lipinski definition) is 1. The summed E-state index contributed by atoms with van der Waals surface area (Å²) in [6, 6.07) is 4.89. The summed E-state index contributed by atoms with van der Waals surface area (Å²) in [6.07, 6.45) is -3.03. The van der Waals surface area contributed by atoms with Gasteiger partial charge in [-0.1, -0.05) is 6.08 Å². The quantitative estimate of drug-likeness (QED) is 0.703. The van der Waals surface area contributed by atoms with Crippen molar-refractivity contribution in [3.8, 4) is 6.07 Å². The van der Waals surface area contributed by atoms with Crippen LogP contribution in [0, 0.1) is 18.3 Å². The first-order chi connectivity index (χ1) is 7.38. The molecule has 0 spiro atoms. The summed E-state index contributed by atoms with van der Waals surface area (Å²) in [5.74, 6) is -0.464. The number of halogens is 3. The third kappa shape index (κ3) is 2.63. The predicted octanol–water partition coefficient (Wildman–Crippen LogP) is 3.68. The third-order valence-electron chi connectivity index (χ3n) is 2.12. The van der Waals surface area contributed by atoms with E-state index in [0.29, 0.717) is 5.56 Å². The Bertz CT molecular complexity index is 441. The first kappa shape index (κ1) is 12.3. The SMILES string of the molecule is [CH2]C(C=C)c1cc(C#N)cc(C(F)(F)F)c1. The van der Waals surface area contributed by atoms with Gasteiger partial charge in [-0.3, -0.25) is 0 Å². The molecule has 0 aliphatic heterocycles. The number of alkyl halides is 3. The van der Waals surface area contributed by atoms with E-state index < -0.39 is 17.7 Å². The lowest BCUT2D eigenvalue weighted by atomic mass is 9.96. The van der Waals surface area contributed by atoms with E-state index in [9.17, 15) is 13.2 Å². The molecule has 1 atom stereocenters. The Labute approximate surface area is 91.8 Å². The highest BCUT2D eigenvalue weighted by molar-refractivity contribution is 5.41. The zero-order valence-electron chi connectivity index (χ0n) is 8.38. The van der Waals surface area contributed by atoms with E-state index in [-0.39, 0.29) is 5.56 Å². The van der Waals surface area contributed by atoms with Gasteiger partial charge in [0.25, 0.3) is 0 Å². The average Bonchev–Trinajstić information content (AvgIpc) is 2.26. The summed E-state index contributed by atoms with van der Waals surface area (Å²) in [7, 11) is 0. The van der Waals surface area contributed by atoms with E-state index in [1.807, 2.05) is 0 Å². The summed E-state index contributed by atoms with van der Waals surface area (Å²) in [4.78, 5) is 0. The van der Waals surface area contributed by atoms with Crippen molar-refractivity contribution < 1.29 is 13.2 Å². The van der Waals surface area contributed by atoms with E-state index in [4.69, 9.17) is 5.26 Å². The molecule has 4 heteroatoms. The highest BCUT2D eigenvalue weighted by Crippen LogP contribution is 2.32. The van der Waals surface area contributed by atoms with Crippen LogP contribution in [-0.4, -0.2) is 0 Å². The van der Waals surface area contributed by atoms with Gasteiger partial charge in [-0.05, 0) is 30.7 Å². The van der Waals surface area contributed by atoms with Crippen molar-refractivity contribution in [3.63, 3.8) is 0 Å². The first-order valence-electron chi connectivity index (χ1n) is 4.46. The van der Waals surface area contributed by atoms with Gasteiger partial charge < -0.3 is 0 Å². The predicted molar refractivity (Wildman–Crippen MR) is 54.5 cm³/mol. The van der Waals surface area contributed by atoms with Gasteiger partial charge in [-0.25, -0.2) is 0 Å². The lowest BCUT2D eigenvalue weighted by molar-refractivity contribution is -0.137. The second kappa shape index (κ2) is 4.40. The molecule has 0 saturated carbocycles. The number of rotatable bonds is 2. The molecule has 1 aromatic carbocycles. The molecule has 0 aliphatic rings. The number of hydrogen-bond donors (Lipinski definition) is 0. The summed E-state index contributed by atoms with van der Waals surface area (Å²) in [5, 5.41) is 8.64. The maximum atomic E-state index is 12.5. The molecule has 1 aromatic rings. The van der Waals surface area contributed by atoms with Crippen LogP contribution in [0.4, 0.5) is 13.2 Å². The number of nitrogens with zero attached hydrogens (tertiary/aromatic N) is 1. The van der Waals surface area contributed by atoms with Crippen molar-refractivity contribution in [2.45, 2.75) is 12.1 Å². The van der Waals surface area contributed by atoms with Crippen LogP contribution < -0.4 is 0 Å². The molecule has 0 fully saturated rings. The summed E-state index contributed by atoms with van der Waals surface area (Å²) in [6.45, 7) is 7.09. The Morgan fingerprint density at radius 2 is 1.94 bits per heavy atom. The summed E-state index contributed by atoms with van der Waals surface area (Å²) in [5.41, 5.74) is -0.529. The lowest BCUT2D eigenvalue weighted by Crippen LogP contribution is -2.07. The van der Waals surface area contributed by atoms with Crippen molar-refractivity contribution in [1.82, 2.24) is 0 Å². The topological polar surface area (TPSA) is 23.8 Å². The Balaban J connectivity index is 3.33. The molecule has 1 radical (unpaired) electrons. The second-order valence-electron chi connectivity index (χ2n) is 3.30. The van der Waals surface area contributed by atoms with E-state index in [1.165, 1.54) is 12.1 Å². The number of nitriles is 1. The minimum Gasteiger partial charge on any atom is -0.192 e. The van der Waals surface area contributed by atoms with Crippen LogP contribution in [0.15, 0.2) is 30.9 Å². The average molecular weight is 224 g/mol. The van der Waals surface area contributed by atoms with Gasteiger partial charge in [0.2, 0.25) is 0 Å². The number of allylic oxidation sites excluding steroid dienone is 1. The van der Waals surface area contributed by atoms with Gasteiger partial charge in [-0.2, -0.15) is 18.4 Å². The molecule has 1 rings (SSSR count). The van der Waals surface area contributed by atoms with Crippen molar-refractivity contribution in [2.24, 2.45) is 0 Å². The molecule has 83 valence electrons. The van der Waals surface area contributed by atoms with Crippen molar-refractivity contribution in [2.75, 3.05) is 0 Å². The van der Waals surface area contributed by atoms with Crippen LogP contribution in [0.3, 0.4) is 0 Å². The molecule has 0 saturated heterocycles. The molecule has 0 heterocycles. The van der Waals surface area contributed by atoms with Crippen LogP contribution in [-0.2, 0) is 6.18 Å². The van der Waals surface area contributed by atoms with Crippen molar-refractivity contribution in [3.05, 3.63) is 54.5 Å². The maximum absolute atomic E-state index is 12.5. The highest BCUT2D eigenvalue weighted by Gasteiger charge is 2.31. The van der Waals surface area contributed by atoms with Gasteiger partial charge in [-0.15, -0.1) is 6.58 Å². The molecule has 0 N–H and O–H groups in total.